The van der Waals surface area contributed by atoms with Gasteiger partial charge in [-0.2, -0.15) is 0 Å². The largest absolute Gasteiger partial charge is 0.496 e. The van der Waals surface area contributed by atoms with Crippen molar-refractivity contribution in [1.29, 1.82) is 0 Å². The normalized spacial score (nSPS) is 21.4. The SMILES string of the molecule is COc1cc(OC)c(C2CC(=O)N(N(C)C)C3=C2C(=O)CC(C)(C)C3)cc1OC. The Balaban J connectivity index is 2.24. The van der Waals surface area contributed by atoms with Crippen LogP contribution in [0.25, 0.3) is 0 Å². The summed E-state index contributed by atoms with van der Waals surface area (Å²) in [7, 11) is 8.34. The third-order valence-electron chi connectivity index (χ3n) is 5.63. The molecule has 1 aliphatic carbocycles. The summed E-state index contributed by atoms with van der Waals surface area (Å²) in [5.74, 6) is 1.31. The fourth-order valence-corrected chi connectivity index (χ4v) is 4.46. The molecule has 0 spiro atoms. The van der Waals surface area contributed by atoms with Crippen LogP contribution in [0.2, 0.25) is 0 Å². The molecule has 3 rings (SSSR count). The second kappa shape index (κ2) is 7.71. The number of allylic oxidation sites excluding steroid dienone is 2. The summed E-state index contributed by atoms with van der Waals surface area (Å²) in [6.45, 7) is 4.13. The first-order valence-corrected chi connectivity index (χ1v) is 9.70. The maximum atomic E-state index is 13.3. The molecule has 7 heteroatoms. The predicted octanol–water partition coefficient (Wildman–Crippen LogP) is 3.15. The third-order valence-corrected chi connectivity index (χ3v) is 5.63. The van der Waals surface area contributed by atoms with Crippen LogP contribution in [0.5, 0.6) is 17.2 Å². The smallest absolute Gasteiger partial charge is 0.242 e. The highest BCUT2D eigenvalue weighted by atomic mass is 16.5. The molecule has 0 aromatic heterocycles. The standard InChI is InChI=1S/C22H30N2O5/c1-22(2)11-15-21(16(25)12-22)14(9-20(26)24(15)23(3)4)13-8-18(28-6)19(29-7)10-17(13)27-5/h8,10,14H,9,11-12H2,1-7H3. The van der Waals surface area contributed by atoms with Crippen LogP contribution in [0.1, 0.15) is 44.6 Å². The summed E-state index contributed by atoms with van der Waals surface area (Å²) in [6, 6.07) is 3.56. The lowest BCUT2D eigenvalue weighted by atomic mass is 9.69. The second-order valence-electron chi connectivity index (χ2n) is 8.56. The van der Waals surface area contributed by atoms with E-state index in [1.807, 2.05) is 20.2 Å². The van der Waals surface area contributed by atoms with Crippen molar-refractivity contribution in [2.75, 3.05) is 35.4 Å². The zero-order valence-corrected chi connectivity index (χ0v) is 18.3. The summed E-state index contributed by atoms with van der Waals surface area (Å²) in [6.07, 6.45) is 1.30. The lowest BCUT2D eigenvalue weighted by molar-refractivity contribution is -0.143. The van der Waals surface area contributed by atoms with Gasteiger partial charge in [-0.15, -0.1) is 0 Å². The van der Waals surface area contributed by atoms with E-state index in [0.717, 1.165) is 11.3 Å². The molecule has 0 saturated heterocycles. The van der Waals surface area contributed by atoms with Crippen LogP contribution in [0, 0.1) is 5.41 Å². The van der Waals surface area contributed by atoms with Gasteiger partial charge in [0.15, 0.2) is 17.3 Å². The van der Waals surface area contributed by atoms with Crippen LogP contribution in [-0.2, 0) is 9.59 Å². The zero-order valence-electron chi connectivity index (χ0n) is 18.3. The van der Waals surface area contributed by atoms with Crippen LogP contribution in [0.4, 0.5) is 0 Å². The van der Waals surface area contributed by atoms with Crippen LogP contribution in [-0.4, -0.2) is 57.1 Å². The van der Waals surface area contributed by atoms with Crippen LogP contribution in [0.3, 0.4) is 0 Å². The minimum atomic E-state index is -0.382. The van der Waals surface area contributed by atoms with Crippen LogP contribution >= 0.6 is 0 Å². The quantitative estimate of drug-likeness (QED) is 0.754. The molecule has 1 amide bonds. The molecular weight excluding hydrogens is 372 g/mol. The first kappa shape index (κ1) is 21.2. The highest BCUT2D eigenvalue weighted by molar-refractivity contribution is 6.02. The van der Waals surface area contributed by atoms with Gasteiger partial charge >= 0.3 is 0 Å². The van der Waals surface area contributed by atoms with Crippen molar-refractivity contribution in [3.63, 3.8) is 0 Å². The molecule has 7 nitrogen and oxygen atoms in total. The van der Waals surface area contributed by atoms with Gasteiger partial charge in [-0.1, -0.05) is 13.8 Å². The van der Waals surface area contributed by atoms with Crippen molar-refractivity contribution >= 4 is 11.7 Å². The Kier molecular flexibility index (Phi) is 5.63. The summed E-state index contributed by atoms with van der Waals surface area (Å²) in [5, 5.41) is 3.41. The molecule has 0 fully saturated rings. The number of hydrogen-bond donors (Lipinski definition) is 0. The number of Topliss-reactive ketones (excluding diaryl/α,β-unsaturated/α-hetero) is 1. The van der Waals surface area contributed by atoms with Gasteiger partial charge in [-0.05, 0) is 17.9 Å². The highest BCUT2D eigenvalue weighted by Gasteiger charge is 2.45. The summed E-state index contributed by atoms with van der Waals surface area (Å²) in [4.78, 5) is 26.4. The van der Waals surface area contributed by atoms with Crippen molar-refractivity contribution < 1.29 is 23.8 Å². The molecule has 0 radical (unpaired) electrons. The Morgan fingerprint density at radius 2 is 1.55 bits per heavy atom. The average molecular weight is 402 g/mol. The van der Waals surface area contributed by atoms with Crippen LogP contribution < -0.4 is 14.2 Å². The maximum Gasteiger partial charge on any atom is 0.242 e. The Hall–Kier alpha value is -2.54. The molecule has 1 atom stereocenters. The molecule has 2 aliphatic rings. The number of methoxy groups -OCH3 is 3. The Bertz CT molecular complexity index is 872. The maximum absolute atomic E-state index is 13.3. The molecule has 0 saturated carbocycles. The van der Waals surface area contributed by atoms with E-state index >= 15 is 0 Å². The molecule has 1 aromatic carbocycles. The lowest BCUT2D eigenvalue weighted by Gasteiger charge is -2.44. The minimum absolute atomic E-state index is 0.0407. The van der Waals surface area contributed by atoms with E-state index in [-0.39, 0.29) is 29.4 Å². The first-order chi connectivity index (χ1) is 13.6. The minimum Gasteiger partial charge on any atom is -0.496 e. The van der Waals surface area contributed by atoms with Gasteiger partial charge in [-0.3, -0.25) is 9.59 Å². The molecule has 1 unspecified atom stereocenters. The first-order valence-electron chi connectivity index (χ1n) is 9.70. The van der Waals surface area contributed by atoms with Gasteiger partial charge in [0, 0.05) is 55.8 Å². The number of amides is 1. The molecule has 1 aliphatic heterocycles. The van der Waals surface area contributed by atoms with Gasteiger partial charge in [0.1, 0.15) is 5.75 Å². The monoisotopic (exact) mass is 402 g/mol. The van der Waals surface area contributed by atoms with Crippen molar-refractivity contribution in [2.45, 2.75) is 39.0 Å². The topological polar surface area (TPSA) is 68.3 Å². The Morgan fingerprint density at radius 3 is 2.10 bits per heavy atom. The van der Waals surface area contributed by atoms with Gasteiger partial charge < -0.3 is 14.2 Å². The van der Waals surface area contributed by atoms with E-state index in [9.17, 15) is 9.59 Å². The number of nitrogens with zero attached hydrogens (tertiary/aromatic N) is 2. The second-order valence-corrected chi connectivity index (χ2v) is 8.56. The van der Waals surface area contributed by atoms with Gasteiger partial charge in [-0.25, -0.2) is 10.0 Å². The van der Waals surface area contributed by atoms with Crippen molar-refractivity contribution in [3.05, 3.63) is 29.0 Å². The van der Waals surface area contributed by atoms with Gasteiger partial charge in [0.05, 0.1) is 21.3 Å². The molecule has 1 aromatic rings. The molecule has 1 heterocycles. The number of ether oxygens (including phenoxy) is 3. The molecular formula is C22H30N2O5. The number of benzene rings is 1. The van der Waals surface area contributed by atoms with E-state index in [4.69, 9.17) is 14.2 Å². The van der Waals surface area contributed by atoms with E-state index < -0.39 is 0 Å². The van der Waals surface area contributed by atoms with E-state index in [1.54, 1.807) is 37.4 Å². The van der Waals surface area contributed by atoms with Crippen molar-refractivity contribution in [2.24, 2.45) is 5.41 Å². The number of carbonyl (C=O) groups is 2. The Morgan fingerprint density at radius 1 is 0.966 bits per heavy atom. The van der Waals surface area contributed by atoms with Crippen molar-refractivity contribution in [3.8, 4) is 17.2 Å². The van der Waals surface area contributed by atoms with E-state index in [2.05, 4.69) is 13.8 Å². The number of carbonyl (C=O) groups excluding carboxylic acids is 2. The zero-order chi connectivity index (χ0) is 21.5. The predicted molar refractivity (Wildman–Crippen MR) is 109 cm³/mol. The van der Waals surface area contributed by atoms with Gasteiger partial charge in [0.25, 0.3) is 0 Å². The van der Waals surface area contributed by atoms with Crippen LogP contribution in [0.15, 0.2) is 23.4 Å². The Labute approximate surface area is 172 Å². The number of rotatable bonds is 5. The third kappa shape index (κ3) is 3.71. The molecule has 29 heavy (non-hydrogen) atoms. The van der Waals surface area contributed by atoms with Crippen molar-refractivity contribution in [1.82, 2.24) is 10.0 Å². The number of ketones is 1. The van der Waals surface area contributed by atoms with E-state index in [1.165, 1.54) is 0 Å². The average Bonchev–Trinajstić information content (AvgIpc) is 2.64. The molecule has 0 N–H and O–H groups in total. The lowest BCUT2D eigenvalue weighted by Crippen LogP contribution is -2.49. The van der Waals surface area contributed by atoms with E-state index in [0.29, 0.717) is 35.7 Å². The summed E-state index contributed by atoms with van der Waals surface area (Å²) >= 11 is 0. The van der Waals surface area contributed by atoms with Gasteiger partial charge in [0.2, 0.25) is 5.91 Å². The molecule has 158 valence electrons. The fraction of sp³-hybridized carbons (Fsp3) is 0.545. The molecule has 0 bridgehead atoms. The summed E-state index contributed by atoms with van der Waals surface area (Å²) < 4.78 is 16.4. The summed E-state index contributed by atoms with van der Waals surface area (Å²) in [5.41, 5.74) is 2.04. The number of hydrogen-bond acceptors (Lipinski definition) is 6. The fourth-order valence-electron chi connectivity index (χ4n) is 4.46. The highest BCUT2D eigenvalue weighted by Crippen LogP contribution is 2.50. The number of hydrazine groups is 1.